The molecule has 0 spiro atoms. The molecule has 5 rings (SSSR count). The van der Waals surface area contributed by atoms with Gasteiger partial charge in [0.05, 0.1) is 11.2 Å². The summed E-state index contributed by atoms with van der Waals surface area (Å²) in [5.41, 5.74) is 11.3. The van der Waals surface area contributed by atoms with Gasteiger partial charge in [-0.3, -0.25) is 9.78 Å². The molecule has 4 N–H and O–H groups in total. The number of nitrogens with zero attached hydrogens (tertiary/aromatic N) is 4. The molecule has 1 aliphatic rings. The smallest absolute Gasteiger partial charge is 0.267 e. The van der Waals surface area contributed by atoms with E-state index in [1.165, 1.54) is 11.3 Å². The number of nitriles is 1. The van der Waals surface area contributed by atoms with E-state index in [-0.39, 0.29) is 11.9 Å². The molecule has 2 aromatic heterocycles. The Labute approximate surface area is 200 Å². The molecule has 0 unspecified atom stereocenters. The second-order valence-corrected chi connectivity index (χ2v) is 8.69. The number of aromatic nitrogens is 1. The summed E-state index contributed by atoms with van der Waals surface area (Å²) in [6.45, 7) is 1.22. The summed E-state index contributed by atoms with van der Waals surface area (Å²) in [7, 11) is 0. The second-order valence-electron chi connectivity index (χ2n) is 7.77. The van der Waals surface area contributed by atoms with E-state index < -0.39 is 0 Å². The standard InChI is InChI=1S/C25H21N7OS/c26-15-30-25(27)32-11-8-16-5-6-18(13-22(16)32)31-24(33)23-21(9-12-34-23)29-14-17-7-10-28-20-4-2-1-3-19(17)20/h1-7,9-10,12-13,29H,8,11,14H2,(H2,27,30)(H,31,33). The van der Waals surface area contributed by atoms with Gasteiger partial charge >= 0.3 is 0 Å². The summed E-state index contributed by atoms with van der Waals surface area (Å²) in [4.78, 5) is 23.5. The fourth-order valence-corrected chi connectivity index (χ4v) is 4.88. The minimum atomic E-state index is -0.194. The molecule has 2 aromatic carbocycles. The molecule has 1 aliphatic heterocycles. The molecule has 4 aromatic rings. The number of pyridine rings is 1. The largest absolute Gasteiger partial charge is 0.380 e. The van der Waals surface area contributed by atoms with Crippen molar-refractivity contribution < 1.29 is 4.79 Å². The van der Waals surface area contributed by atoms with Gasteiger partial charge in [-0.15, -0.1) is 16.3 Å². The number of thiophene rings is 1. The maximum Gasteiger partial charge on any atom is 0.267 e. The highest BCUT2D eigenvalue weighted by atomic mass is 32.1. The van der Waals surface area contributed by atoms with Crippen LogP contribution in [-0.4, -0.2) is 23.4 Å². The number of amides is 1. The van der Waals surface area contributed by atoms with Crippen LogP contribution >= 0.6 is 11.3 Å². The molecule has 0 saturated heterocycles. The lowest BCUT2D eigenvalue weighted by molar-refractivity contribution is 0.103. The van der Waals surface area contributed by atoms with Crippen molar-refractivity contribution in [2.75, 3.05) is 22.1 Å². The molecular weight excluding hydrogens is 446 g/mol. The zero-order valence-corrected chi connectivity index (χ0v) is 19.0. The first-order valence-corrected chi connectivity index (χ1v) is 11.6. The quantitative estimate of drug-likeness (QED) is 0.228. The first-order chi connectivity index (χ1) is 16.6. The number of carbonyl (C=O) groups excluding carboxylic acids is 1. The Morgan fingerprint density at radius 3 is 3.00 bits per heavy atom. The van der Waals surface area contributed by atoms with E-state index in [0.29, 0.717) is 23.7 Å². The van der Waals surface area contributed by atoms with Crippen LogP contribution in [0.5, 0.6) is 0 Å². The first-order valence-electron chi connectivity index (χ1n) is 10.7. The third-order valence-corrected chi connectivity index (χ3v) is 6.67. The summed E-state index contributed by atoms with van der Waals surface area (Å²) in [5.74, 6) is -0.0432. The minimum Gasteiger partial charge on any atom is -0.380 e. The third-order valence-electron chi connectivity index (χ3n) is 5.76. The number of hydrogen-bond acceptors (Lipinski definition) is 6. The summed E-state index contributed by atoms with van der Waals surface area (Å²) >= 11 is 1.38. The highest BCUT2D eigenvalue weighted by Gasteiger charge is 2.23. The Morgan fingerprint density at radius 2 is 2.12 bits per heavy atom. The van der Waals surface area contributed by atoms with Gasteiger partial charge in [0.25, 0.3) is 5.91 Å². The van der Waals surface area contributed by atoms with Crippen molar-refractivity contribution >= 4 is 51.2 Å². The molecule has 0 saturated carbocycles. The SMILES string of the molecule is N#C/N=C(/N)N1CCc2ccc(NC(=O)c3sccc3NCc3ccnc4ccccc34)cc21. The highest BCUT2D eigenvalue weighted by molar-refractivity contribution is 7.12. The molecule has 0 aliphatic carbocycles. The number of rotatable bonds is 5. The number of nitrogens with two attached hydrogens (primary N) is 1. The van der Waals surface area contributed by atoms with Gasteiger partial charge in [-0.05, 0) is 53.3 Å². The van der Waals surface area contributed by atoms with E-state index >= 15 is 0 Å². The number of para-hydroxylation sites is 1. The Hall–Kier alpha value is -4.42. The molecule has 8 nitrogen and oxygen atoms in total. The second kappa shape index (κ2) is 9.21. The van der Waals surface area contributed by atoms with Crippen LogP contribution in [0.1, 0.15) is 20.8 Å². The molecule has 168 valence electrons. The van der Waals surface area contributed by atoms with E-state index in [0.717, 1.165) is 39.8 Å². The molecular formula is C25H21N7OS. The van der Waals surface area contributed by atoms with E-state index in [2.05, 4.69) is 20.6 Å². The number of carbonyl (C=O) groups is 1. The van der Waals surface area contributed by atoms with Gasteiger partial charge in [0, 0.05) is 36.0 Å². The zero-order valence-electron chi connectivity index (χ0n) is 18.2. The van der Waals surface area contributed by atoms with Crippen LogP contribution in [0.2, 0.25) is 0 Å². The van der Waals surface area contributed by atoms with Crippen molar-refractivity contribution in [3.8, 4) is 6.19 Å². The lowest BCUT2D eigenvalue weighted by atomic mass is 10.1. The van der Waals surface area contributed by atoms with E-state index in [1.54, 1.807) is 17.3 Å². The number of hydrogen-bond donors (Lipinski definition) is 3. The monoisotopic (exact) mass is 467 g/mol. The first kappa shape index (κ1) is 21.4. The average Bonchev–Trinajstić information content (AvgIpc) is 3.50. The topological polar surface area (TPSA) is 119 Å². The zero-order chi connectivity index (χ0) is 23.5. The van der Waals surface area contributed by atoms with E-state index in [9.17, 15) is 4.79 Å². The van der Waals surface area contributed by atoms with E-state index in [4.69, 9.17) is 11.0 Å². The van der Waals surface area contributed by atoms with Gasteiger partial charge in [0.1, 0.15) is 4.88 Å². The number of aliphatic imine (C=N–C) groups is 1. The van der Waals surface area contributed by atoms with Gasteiger partial charge in [-0.1, -0.05) is 24.3 Å². The van der Waals surface area contributed by atoms with Crippen molar-refractivity contribution in [3.05, 3.63) is 82.2 Å². The van der Waals surface area contributed by atoms with Crippen molar-refractivity contribution in [2.24, 2.45) is 10.7 Å². The highest BCUT2D eigenvalue weighted by Crippen LogP contribution is 2.32. The van der Waals surface area contributed by atoms with Crippen LogP contribution in [-0.2, 0) is 13.0 Å². The fraction of sp³-hybridized carbons (Fsp3) is 0.120. The van der Waals surface area contributed by atoms with Crippen LogP contribution in [0, 0.1) is 11.5 Å². The van der Waals surface area contributed by atoms with Gasteiger partial charge < -0.3 is 21.3 Å². The number of nitrogens with one attached hydrogen (secondary N) is 2. The summed E-state index contributed by atoms with van der Waals surface area (Å²) in [6, 6.07) is 17.6. The molecule has 1 amide bonds. The van der Waals surface area contributed by atoms with Crippen LogP contribution in [0.15, 0.2) is 71.2 Å². The molecule has 0 radical (unpaired) electrons. The number of fused-ring (bicyclic) bond motifs is 2. The normalized spacial score (nSPS) is 12.9. The summed E-state index contributed by atoms with van der Waals surface area (Å²) in [6.07, 6.45) is 4.32. The third kappa shape index (κ3) is 4.14. The van der Waals surface area contributed by atoms with Crippen molar-refractivity contribution in [1.29, 1.82) is 5.26 Å². The molecule has 9 heteroatoms. The van der Waals surface area contributed by atoms with Gasteiger partial charge in [0.15, 0.2) is 0 Å². The fourth-order valence-electron chi connectivity index (χ4n) is 4.12. The van der Waals surface area contributed by atoms with Crippen molar-refractivity contribution in [1.82, 2.24) is 4.98 Å². The molecule has 0 bridgehead atoms. The Kier molecular flexibility index (Phi) is 5.81. The maximum atomic E-state index is 13.1. The molecule has 34 heavy (non-hydrogen) atoms. The predicted molar refractivity (Wildman–Crippen MR) is 136 cm³/mol. The predicted octanol–water partition coefficient (Wildman–Crippen LogP) is 4.32. The van der Waals surface area contributed by atoms with Crippen LogP contribution in [0.3, 0.4) is 0 Å². The number of anilines is 3. The summed E-state index contributed by atoms with van der Waals surface area (Å²) in [5, 5.41) is 18.2. The lowest BCUT2D eigenvalue weighted by Gasteiger charge is -2.18. The Morgan fingerprint density at radius 1 is 1.24 bits per heavy atom. The van der Waals surface area contributed by atoms with E-state index in [1.807, 2.05) is 60.0 Å². The Bertz CT molecular complexity index is 1450. The van der Waals surface area contributed by atoms with Gasteiger partial charge in [0.2, 0.25) is 12.2 Å². The van der Waals surface area contributed by atoms with Crippen LogP contribution < -0.4 is 21.3 Å². The summed E-state index contributed by atoms with van der Waals surface area (Å²) < 4.78 is 0. The number of guanidine groups is 1. The molecule has 3 heterocycles. The lowest BCUT2D eigenvalue weighted by Crippen LogP contribution is -2.35. The molecule has 0 atom stereocenters. The van der Waals surface area contributed by atoms with Crippen LogP contribution in [0.25, 0.3) is 10.9 Å². The Balaban J connectivity index is 1.32. The van der Waals surface area contributed by atoms with Crippen molar-refractivity contribution in [3.63, 3.8) is 0 Å². The van der Waals surface area contributed by atoms with Crippen LogP contribution in [0.4, 0.5) is 17.1 Å². The maximum absolute atomic E-state index is 13.1. The minimum absolute atomic E-state index is 0.151. The van der Waals surface area contributed by atoms with Gasteiger partial charge in [-0.2, -0.15) is 5.26 Å². The van der Waals surface area contributed by atoms with Gasteiger partial charge in [-0.25, -0.2) is 0 Å². The molecule has 0 fully saturated rings. The van der Waals surface area contributed by atoms with Crippen molar-refractivity contribution in [2.45, 2.75) is 13.0 Å². The average molecular weight is 468 g/mol. The number of benzene rings is 2.